The molecular formula is C10H15NO2. The highest BCUT2D eigenvalue weighted by Crippen LogP contribution is 2.17. The van der Waals surface area contributed by atoms with Gasteiger partial charge in [0.2, 0.25) is 0 Å². The maximum Gasteiger partial charge on any atom is 0.323 e. The lowest BCUT2D eigenvalue weighted by Gasteiger charge is -2.31. The first-order chi connectivity index (χ1) is 6.29. The van der Waals surface area contributed by atoms with Crippen LogP contribution in [0.1, 0.15) is 19.3 Å². The average molecular weight is 181 g/mol. The molecule has 0 aromatic carbocycles. The Bertz CT molecular complexity index is 219. The van der Waals surface area contributed by atoms with Crippen molar-refractivity contribution in [3.05, 3.63) is 0 Å². The molecule has 0 N–H and O–H groups in total. The van der Waals surface area contributed by atoms with Gasteiger partial charge in [-0.3, -0.25) is 9.69 Å². The number of carbonyl (C=O) groups is 1. The van der Waals surface area contributed by atoms with E-state index in [2.05, 4.69) is 5.92 Å². The molecule has 1 aliphatic heterocycles. The Kier molecular flexibility index (Phi) is 3.78. The van der Waals surface area contributed by atoms with E-state index in [1.54, 1.807) is 0 Å². The molecule has 1 atom stereocenters. The number of methoxy groups -OCH3 is 1. The van der Waals surface area contributed by atoms with Crippen LogP contribution in [0.15, 0.2) is 0 Å². The predicted octanol–water partition coefficient (Wildman–Crippen LogP) is 0.647. The summed E-state index contributed by atoms with van der Waals surface area (Å²) in [6.45, 7) is 1.45. The van der Waals surface area contributed by atoms with Crippen molar-refractivity contribution in [1.29, 1.82) is 0 Å². The van der Waals surface area contributed by atoms with E-state index in [4.69, 9.17) is 11.2 Å². The van der Waals surface area contributed by atoms with Gasteiger partial charge in [0.25, 0.3) is 0 Å². The van der Waals surface area contributed by atoms with Gasteiger partial charge < -0.3 is 4.74 Å². The Hall–Kier alpha value is -1.01. The highest BCUT2D eigenvalue weighted by Gasteiger charge is 2.28. The monoisotopic (exact) mass is 181 g/mol. The number of nitrogens with zero attached hydrogens (tertiary/aromatic N) is 1. The molecule has 1 heterocycles. The second-order valence-corrected chi connectivity index (χ2v) is 3.21. The number of likely N-dealkylation sites (tertiary alicyclic amines) is 1. The molecule has 0 aromatic heterocycles. The number of esters is 1. The Morgan fingerprint density at radius 3 is 3.08 bits per heavy atom. The van der Waals surface area contributed by atoms with Gasteiger partial charge in [0.1, 0.15) is 6.04 Å². The number of piperidine rings is 1. The summed E-state index contributed by atoms with van der Waals surface area (Å²) in [5.41, 5.74) is 0. The molecule has 0 aliphatic carbocycles. The highest BCUT2D eigenvalue weighted by atomic mass is 16.5. The molecule has 1 aliphatic rings. The van der Waals surface area contributed by atoms with Crippen LogP contribution in [0.5, 0.6) is 0 Å². The van der Waals surface area contributed by atoms with E-state index in [0.29, 0.717) is 6.54 Å². The van der Waals surface area contributed by atoms with Crippen LogP contribution in [0.3, 0.4) is 0 Å². The van der Waals surface area contributed by atoms with Crippen molar-refractivity contribution < 1.29 is 9.53 Å². The van der Waals surface area contributed by atoms with Crippen LogP contribution in [0.2, 0.25) is 0 Å². The van der Waals surface area contributed by atoms with Gasteiger partial charge in [0.05, 0.1) is 13.7 Å². The minimum atomic E-state index is -0.157. The van der Waals surface area contributed by atoms with Crippen molar-refractivity contribution in [3.63, 3.8) is 0 Å². The number of terminal acetylenes is 1. The van der Waals surface area contributed by atoms with Crippen molar-refractivity contribution in [2.45, 2.75) is 25.3 Å². The lowest BCUT2D eigenvalue weighted by atomic mass is 10.0. The van der Waals surface area contributed by atoms with Gasteiger partial charge in [0, 0.05) is 0 Å². The van der Waals surface area contributed by atoms with Crippen LogP contribution < -0.4 is 0 Å². The molecule has 0 amide bonds. The van der Waals surface area contributed by atoms with Crippen LogP contribution in [-0.4, -0.2) is 37.1 Å². The standard InChI is InChI=1S/C10H15NO2/c1-3-7-11-8-5-4-6-9(11)10(12)13-2/h1,9H,4-8H2,2H3. The maximum atomic E-state index is 11.3. The first-order valence-corrected chi connectivity index (χ1v) is 4.55. The maximum absolute atomic E-state index is 11.3. The van der Waals surface area contributed by atoms with Gasteiger partial charge in [-0.25, -0.2) is 0 Å². The summed E-state index contributed by atoms with van der Waals surface area (Å²) < 4.78 is 4.72. The molecular weight excluding hydrogens is 166 g/mol. The fourth-order valence-electron chi connectivity index (χ4n) is 1.70. The summed E-state index contributed by atoms with van der Waals surface area (Å²) >= 11 is 0. The van der Waals surface area contributed by atoms with Crippen molar-refractivity contribution in [3.8, 4) is 12.3 Å². The summed E-state index contributed by atoms with van der Waals surface area (Å²) in [7, 11) is 1.42. The zero-order valence-corrected chi connectivity index (χ0v) is 7.95. The molecule has 1 rings (SSSR count). The van der Waals surface area contributed by atoms with E-state index >= 15 is 0 Å². The first-order valence-electron chi connectivity index (χ1n) is 4.55. The smallest absolute Gasteiger partial charge is 0.323 e. The van der Waals surface area contributed by atoms with Crippen molar-refractivity contribution in [2.75, 3.05) is 20.2 Å². The number of hydrogen-bond donors (Lipinski definition) is 0. The van der Waals surface area contributed by atoms with Crippen molar-refractivity contribution in [2.24, 2.45) is 0 Å². The number of hydrogen-bond acceptors (Lipinski definition) is 3. The zero-order valence-electron chi connectivity index (χ0n) is 7.95. The molecule has 1 fully saturated rings. The minimum Gasteiger partial charge on any atom is -0.468 e. The number of carbonyl (C=O) groups excluding carboxylic acids is 1. The quantitative estimate of drug-likeness (QED) is 0.462. The third kappa shape index (κ3) is 2.46. The van der Waals surface area contributed by atoms with Gasteiger partial charge in [-0.05, 0) is 19.4 Å². The van der Waals surface area contributed by atoms with Gasteiger partial charge in [-0.2, -0.15) is 0 Å². The molecule has 0 spiro atoms. The minimum absolute atomic E-state index is 0.116. The van der Waals surface area contributed by atoms with Crippen molar-refractivity contribution >= 4 is 5.97 Å². The van der Waals surface area contributed by atoms with Crippen LogP contribution in [-0.2, 0) is 9.53 Å². The lowest BCUT2D eigenvalue weighted by molar-refractivity contribution is -0.147. The van der Waals surface area contributed by atoms with Crippen LogP contribution >= 0.6 is 0 Å². The molecule has 0 radical (unpaired) electrons. The molecule has 13 heavy (non-hydrogen) atoms. The lowest BCUT2D eigenvalue weighted by Crippen LogP contribution is -2.45. The summed E-state index contributed by atoms with van der Waals surface area (Å²) in [5, 5.41) is 0. The summed E-state index contributed by atoms with van der Waals surface area (Å²) in [6.07, 6.45) is 8.29. The van der Waals surface area contributed by atoms with E-state index < -0.39 is 0 Å². The first kappa shape index (κ1) is 10.1. The third-order valence-corrected chi connectivity index (χ3v) is 2.38. The van der Waals surface area contributed by atoms with Gasteiger partial charge in [0.15, 0.2) is 0 Å². The second-order valence-electron chi connectivity index (χ2n) is 3.21. The third-order valence-electron chi connectivity index (χ3n) is 2.38. The fraction of sp³-hybridized carbons (Fsp3) is 0.700. The molecule has 72 valence electrons. The van der Waals surface area contributed by atoms with E-state index in [1.807, 2.05) is 4.90 Å². The largest absolute Gasteiger partial charge is 0.468 e. The SMILES string of the molecule is C#CCN1CCCCC1C(=O)OC. The Labute approximate surface area is 79.1 Å². The molecule has 0 saturated carbocycles. The molecule has 0 aromatic rings. The van der Waals surface area contributed by atoms with Crippen LogP contribution in [0.4, 0.5) is 0 Å². The summed E-state index contributed by atoms with van der Waals surface area (Å²) in [5.74, 6) is 2.41. The van der Waals surface area contributed by atoms with Crippen LogP contribution in [0, 0.1) is 12.3 Å². The number of rotatable bonds is 2. The average Bonchev–Trinajstić information content (AvgIpc) is 2.18. The normalized spacial score (nSPS) is 23.5. The summed E-state index contributed by atoms with van der Waals surface area (Å²) in [6, 6.07) is -0.116. The molecule has 1 unspecified atom stereocenters. The van der Waals surface area contributed by atoms with Gasteiger partial charge in [-0.15, -0.1) is 6.42 Å². The fourth-order valence-corrected chi connectivity index (χ4v) is 1.70. The molecule has 1 saturated heterocycles. The number of ether oxygens (including phenoxy) is 1. The van der Waals surface area contributed by atoms with E-state index in [1.165, 1.54) is 7.11 Å². The van der Waals surface area contributed by atoms with Crippen LogP contribution in [0.25, 0.3) is 0 Å². The summed E-state index contributed by atoms with van der Waals surface area (Å²) in [4.78, 5) is 13.3. The Balaban J connectivity index is 2.57. The molecule has 3 heteroatoms. The van der Waals surface area contributed by atoms with E-state index in [-0.39, 0.29) is 12.0 Å². The zero-order chi connectivity index (χ0) is 9.68. The second kappa shape index (κ2) is 4.88. The highest BCUT2D eigenvalue weighted by molar-refractivity contribution is 5.75. The molecule has 3 nitrogen and oxygen atoms in total. The van der Waals surface area contributed by atoms with E-state index in [0.717, 1.165) is 25.8 Å². The van der Waals surface area contributed by atoms with E-state index in [9.17, 15) is 4.79 Å². The Morgan fingerprint density at radius 2 is 2.46 bits per heavy atom. The van der Waals surface area contributed by atoms with Gasteiger partial charge in [-0.1, -0.05) is 12.3 Å². The molecule has 0 bridgehead atoms. The topological polar surface area (TPSA) is 29.5 Å². The predicted molar refractivity (Wildman–Crippen MR) is 50.1 cm³/mol. The van der Waals surface area contributed by atoms with Gasteiger partial charge >= 0.3 is 5.97 Å². The van der Waals surface area contributed by atoms with Crippen molar-refractivity contribution in [1.82, 2.24) is 4.90 Å². The Morgan fingerprint density at radius 1 is 1.69 bits per heavy atom.